The molecule has 3 amide bonds. The van der Waals surface area contributed by atoms with Gasteiger partial charge in [0.05, 0.1) is 90.6 Å². The zero-order valence-electron chi connectivity index (χ0n) is 46.2. The van der Waals surface area contributed by atoms with Crippen molar-refractivity contribution in [3.63, 3.8) is 0 Å². The molecular weight excluding hydrogens is 1030 g/mol. The van der Waals surface area contributed by atoms with Gasteiger partial charge in [-0.3, -0.25) is 4.79 Å². The molecule has 418 valence electrons. The number of piperidine rings is 1. The molecule has 0 spiro atoms. The van der Waals surface area contributed by atoms with E-state index in [2.05, 4.69) is 72.9 Å². The Morgan fingerprint density at radius 2 is 1.30 bits per heavy atom. The highest BCUT2D eigenvalue weighted by Crippen LogP contribution is 2.46. The first-order valence-electron chi connectivity index (χ1n) is 28.4. The van der Waals surface area contributed by atoms with E-state index in [0.29, 0.717) is 78.7 Å². The summed E-state index contributed by atoms with van der Waals surface area (Å²) in [5.74, 6) is 3.32. The normalized spacial score (nSPS) is 14.3. The molecule has 16 nitrogen and oxygen atoms in total. The monoisotopic (exact) mass is 1100 g/mol. The fourth-order valence-corrected chi connectivity index (χ4v) is 11.0. The Morgan fingerprint density at radius 1 is 0.610 bits per heavy atom. The topological polar surface area (TPSA) is 188 Å². The molecule has 1 saturated heterocycles. The summed E-state index contributed by atoms with van der Waals surface area (Å²) in [4.78, 5) is 49.6. The largest absolute Gasteiger partial charge is 0.493 e. The minimum Gasteiger partial charge on any atom is -0.493 e. The Bertz CT molecular complexity index is 3570. The number of carbonyl (C=O) groups is 2. The second-order valence-corrected chi connectivity index (χ2v) is 20.8. The van der Waals surface area contributed by atoms with E-state index in [9.17, 15) is 9.59 Å². The minimum absolute atomic E-state index is 0.186. The Labute approximate surface area is 478 Å². The van der Waals surface area contributed by atoms with Crippen molar-refractivity contribution in [2.24, 2.45) is 11.8 Å². The minimum atomic E-state index is -0.415. The van der Waals surface area contributed by atoms with Crippen LogP contribution in [-0.2, 0) is 17.6 Å². The molecule has 2 aliphatic rings. The van der Waals surface area contributed by atoms with Crippen LogP contribution in [0.4, 0.5) is 21.9 Å². The van der Waals surface area contributed by atoms with Crippen molar-refractivity contribution >= 4 is 29.0 Å². The molecule has 1 aliphatic carbocycles. The van der Waals surface area contributed by atoms with Crippen molar-refractivity contribution in [1.82, 2.24) is 39.8 Å². The van der Waals surface area contributed by atoms with Crippen molar-refractivity contribution in [3.05, 3.63) is 194 Å². The van der Waals surface area contributed by atoms with Gasteiger partial charge in [0.2, 0.25) is 5.91 Å². The Kier molecular flexibility index (Phi) is 17.8. The van der Waals surface area contributed by atoms with Crippen LogP contribution in [0.1, 0.15) is 56.1 Å². The summed E-state index contributed by atoms with van der Waals surface area (Å²) < 4.78 is 22.2. The Morgan fingerprint density at radius 3 is 2.11 bits per heavy atom. The van der Waals surface area contributed by atoms with E-state index in [1.807, 2.05) is 137 Å². The highest BCUT2D eigenvalue weighted by molar-refractivity contribution is 6.03. The number of hydrogen-bond donors (Lipinski definition) is 6. The number of hydrazine groups is 1. The van der Waals surface area contributed by atoms with Gasteiger partial charge in [0.15, 0.2) is 0 Å². The highest BCUT2D eigenvalue weighted by atomic mass is 16.5. The number of rotatable bonds is 23. The molecule has 1 unspecified atom stereocenters. The standard InChI is InChI=1S/C66H69N11O5/c1-67-75-55-23-10-9-22-54(55)73-66(79)74-56-27-26-49(32-36-80-61-24-11-8-18-52(61)57-40-68-43-70-57)38-60(56)77-42-59(72-45-77)53-21-12-20-51(65(53)82-37-31-46-14-4-2-5-15-46)50-19-13-25-62(64(50)58-41-69-44-71-58)81-35-30-47-28-33-76(34-29-47)63(78)39-48-16-6-3-7-17-48/h2-4,6-13,16-27,38,40-47,67,75H,5,14-15,28-37,39H2,1H3,(H,68,70)(H,69,71)(H2,73,74,79). The third kappa shape index (κ3) is 13.4. The van der Waals surface area contributed by atoms with Crippen molar-refractivity contribution in [2.45, 2.75) is 57.8 Å². The molecule has 1 fully saturated rings. The molecule has 9 aromatic rings. The lowest BCUT2D eigenvalue weighted by atomic mass is 9.92. The summed E-state index contributed by atoms with van der Waals surface area (Å²) in [6.07, 6.45) is 23.3. The summed E-state index contributed by atoms with van der Waals surface area (Å²) in [5, 5.41) is 6.14. The van der Waals surface area contributed by atoms with Crippen LogP contribution in [0.5, 0.6) is 17.2 Å². The van der Waals surface area contributed by atoms with Crippen LogP contribution in [0.25, 0.3) is 50.6 Å². The number of aromatic amines is 2. The second-order valence-electron chi connectivity index (χ2n) is 20.8. The summed E-state index contributed by atoms with van der Waals surface area (Å²) >= 11 is 0. The first-order valence-corrected chi connectivity index (χ1v) is 28.4. The van der Waals surface area contributed by atoms with E-state index in [0.717, 1.165) is 120 Å². The number of para-hydroxylation sites is 4. The van der Waals surface area contributed by atoms with Gasteiger partial charge < -0.3 is 49.7 Å². The fourth-order valence-electron chi connectivity index (χ4n) is 11.0. The van der Waals surface area contributed by atoms with Gasteiger partial charge in [0, 0.05) is 61.8 Å². The predicted molar refractivity (Wildman–Crippen MR) is 323 cm³/mol. The van der Waals surface area contributed by atoms with Crippen LogP contribution in [-0.4, -0.2) is 86.3 Å². The zero-order valence-corrected chi connectivity index (χ0v) is 46.2. The molecule has 16 heteroatoms. The first-order chi connectivity index (χ1) is 40.4. The van der Waals surface area contributed by atoms with E-state index < -0.39 is 6.03 Å². The molecule has 82 heavy (non-hydrogen) atoms. The van der Waals surface area contributed by atoms with Crippen LogP contribution < -0.4 is 35.7 Å². The van der Waals surface area contributed by atoms with Crippen LogP contribution in [0.2, 0.25) is 0 Å². The van der Waals surface area contributed by atoms with E-state index in [-0.39, 0.29) is 5.91 Å². The van der Waals surface area contributed by atoms with E-state index in [1.165, 1.54) is 0 Å². The van der Waals surface area contributed by atoms with E-state index in [4.69, 9.17) is 24.2 Å². The lowest BCUT2D eigenvalue weighted by Crippen LogP contribution is -2.39. The highest BCUT2D eigenvalue weighted by Gasteiger charge is 2.26. The SMILES string of the molecule is CNNc1ccccc1NC(=O)Nc1ccc(CCOc2ccccc2-c2c[nH]cn2)cc1-n1cnc(-c2cccc(-c3cccc(OCCC4CCN(C(=O)Cc5ccccc5)CC4)c3-c3c[nH]cn3)c2OCCC2CC=CCC2)c1. The average Bonchev–Trinajstić information content (AvgIpc) is 4.47. The number of aromatic nitrogens is 6. The number of allylic oxidation sites excluding steroid dienone is 2. The molecule has 3 aromatic heterocycles. The molecule has 4 heterocycles. The van der Waals surface area contributed by atoms with Gasteiger partial charge in [-0.25, -0.2) is 25.2 Å². The number of likely N-dealkylation sites (tertiary alicyclic amines) is 1. The molecular formula is C66H69N11O5. The first kappa shape index (κ1) is 54.5. The number of amides is 3. The average molecular weight is 1100 g/mol. The Balaban J connectivity index is 0.881. The number of H-pyrrole nitrogens is 2. The molecule has 0 saturated carbocycles. The predicted octanol–water partition coefficient (Wildman–Crippen LogP) is 13.2. The Hall–Kier alpha value is -9.41. The summed E-state index contributed by atoms with van der Waals surface area (Å²) in [6.45, 7) is 2.94. The van der Waals surface area contributed by atoms with Crippen LogP contribution in [0.3, 0.4) is 0 Å². The molecule has 0 bridgehead atoms. The van der Waals surface area contributed by atoms with Crippen LogP contribution in [0, 0.1) is 11.8 Å². The number of urea groups is 1. The van der Waals surface area contributed by atoms with E-state index in [1.54, 1.807) is 26.0 Å². The molecule has 1 atom stereocenters. The van der Waals surface area contributed by atoms with Crippen molar-refractivity contribution < 1.29 is 23.8 Å². The number of ether oxygens (including phenoxy) is 3. The number of imidazole rings is 3. The fraction of sp³-hybridized carbons (Fsp3) is 0.258. The van der Waals surface area contributed by atoms with Gasteiger partial charge >= 0.3 is 6.03 Å². The number of benzene rings is 6. The number of nitrogens with zero attached hydrogens (tertiary/aromatic N) is 5. The third-order valence-corrected chi connectivity index (χ3v) is 15.4. The van der Waals surface area contributed by atoms with Crippen molar-refractivity contribution in [2.75, 3.05) is 56.0 Å². The number of nitrogens with one attached hydrogen (secondary N) is 6. The van der Waals surface area contributed by atoms with Gasteiger partial charge in [-0.15, -0.1) is 0 Å². The molecule has 1 aliphatic heterocycles. The quantitative estimate of drug-likeness (QED) is 0.0266. The summed E-state index contributed by atoms with van der Waals surface area (Å²) in [6, 6.07) is 43.3. The van der Waals surface area contributed by atoms with Gasteiger partial charge in [-0.2, -0.15) is 0 Å². The van der Waals surface area contributed by atoms with Crippen molar-refractivity contribution in [3.8, 4) is 67.8 Å². The van der Waals surface area contributed by atoms with Crippen LogP contribution >= 0.6 is 0 Å². The maximum absolute atomic E-state index is 13.9. The maximum atomic E-state index is 13.9. The van der Waals surface area contributed by atoms with Crippen molar-refractivity contribution in [1.29, 1.82) is 0 Å². The van der Waals surface area contributed by atoms with Gasteiger partial charge in [-0.05, 0) is 122 Å². The molecule has 0 radical (unpaired) electrons. The third-order valence-electron chi connectivity index (χ3n) is 15.4. The van der Waals surface area contributed by atoms with Gasteiger partial charge in [-0.1, -0.05) is 97.1 Å². The van der Waals surface area contributed by atoms with Crippen LogP contribution in [0.15, 0.2) is 183 Å². The number of carbonyl (C=O) groups excluding carboxylic acids is 2. The number of anilines is 3. The summed E-state index contributed by atoms with van der Waals surface area (Å²) in [7, 11) is 1.77. The zero-order chi connectivity index (χ0) is 55.9. The van der Waals surface area contributed by atoms with Gasteiger partial charge in [0.25, 0.3) is 0 Å². The summed E-state index contributed by atoms with van der Waals surface area (Å²) in [5.41, 5.74) is 17.3. The van der Waals surface area contributed by atoms with Gasteiger partial charge in [0.1, 0.15) is 17.2 Å². The van der Waals surface area contributed by atoms with E-state index >= 15 is 0 Å². The molecule has 6 N–H and O–H groups in total. The second kappa shape index (κ2) is 26.7. The molecule has 11 rings (SSSR count). The molecule has 6 aromatic carbocycles. The lowest BCUT2D eigenvalue weighted by molar-refractivity contribution is -0.131. The number of hydrogen-bond acceptors (Lipinski definition) is 10. The maximum Gasteiger partial charge on any atom is 0.323 e. The smallest absolute Gasteiger partial charge is 0.323 e. The lowest BCUT2D eigenvalue weighted by Gasteiger charge is -2.32.